The van der Waals surface area contributed by atoms with E-state index >= 15 is 0 Å². The predicted octanol–water partition coefficient (Wildman–Crippen LogP) is 2.14. The Morgan fingerprint density at radius 2 is 2.12 bits per heavy atom. The third-order valence-corrected chi connectivity index (χ3v) is 2.56. The minimum Gasteiger partial charge on any atom is -0.469 e. The second-order valence-corrected chi connectivity index (χ2v) is 3.65. The normalized spacial score (nSPS) is 10.3. The summed E-state index contributed by atoms with van der Waals surface area (Å²) in [5.74, 6) is -0.232. The molecule has 0 unspecified atom stereocenters. The largest absolute Gasteiger partial charge is 0.469 e. The van der Waals surface area contributed by atoms with Gasteiger partial charge >= 0.3 is 5.97 Å². The number of hydrogen-bond donors (Lipinski definition) is 1. The number of nitrogens with two attached hydrogens (primary N) is 1. The average Bonchev–Trinajstić information content (AvgIpc) is 2.28. The molecule has 0 spiro atoms. The Hall–Kier alpha value is -2.03. The molecule has 0 radical (unpaired) electrons. The molecule has 0 bridgehead atoms. The predicted molar refractivity (Wildman–Crippen MR) is 64.1 cm³/mol. The lowest BCUT2D eigenvalue weighted by Crippen LogP contribution is -2.04. The fraction of sp³-hybridized carbons (Fsp3) is 0.154. The Morgan fingerprint density at radius 3 is 2.88 bits per heavy atom. The van der Waals surface area contributed by atoms with Crippen molar-refractivity contribution in [3.8, 4) is 0 Å². The lowest BCUT2D eigenvalue weighted by Gasteiger charge is -2.06. The molecular weight excluding hydrogens is 202 g/mol. The van der Waals surface area contributed by atoms with Crippen LogP contribution in [0, 0.1) is 0 Å². The second kappa shape index (κ2) is 4.23. The van der Waals surface area contributed by atoms with Crippen LogP contribution in [-0.4, -0.2) is 13.1 Å². The number of carbonyl (C=O) groups excluding carboxylic acids is 1. The van der Waals surface area contributed by atoms with E-state index in [-0.39, 0.29) is 12.4 Å². The van der Waals surface area contributed by atoms with Gasteiger partial charge in [0, 0.05) is 5.69 Å². The SMILES string of the molecule is COC(=O)Cc1cccc2cc(N)ccc12. The van der Waals surface area contributed by atoms with Crippen LogP contribution in [0.15, 0.2) is 36.4 Å². The fourth-order valence-electron chi connectivity index (χ4n) is 1.75. The molecule has 2 rings (SSSR count). The van der Waals surface area contributed by atoms with Crippen molar-refractivity contribution < 1.29 is 9.53 Å². The van der Waals surface area contributed by atoms with E-state index < -0.39 is 0 Å². The molecule has 0 aliphatic heterocycles. The molecule has 0 fully saturated rings. The first-order valence-corrected chi connectivity index (χ1v) is 5.04. The van der Waals surface area contributed by atoms with E-state index in [0.29, 0.717) is 0 Å². The molecule has 0 atom stereocenters. The molecule has 82 valence electrons. The summed E-state index contributed by atoms with van der Waals surface area (Å²) in [6.45, 7) is 0. The Kier molecular flexibility index (Phi) is 2.77. The number of hydrogen-bond acceptors (Lipinski definition) is 3. The van der Waals surface area contributed by atoms with E-state index in [2.05, 4.69) is 4.74 Å². The first kappa shape index (κ1) is 10.5. The van der Waals surface area contributed by atoms with Gasteiger partial charge in [-0.3, -0.25) is 4.79 Å². The number of esters is 1. The molecule has 0 aliphatic carbocycles. The topological polar surface area (TPSA) is 52.3 Å². The van der Waals surface area contributed by atoms with Crippen LogP contribution in [0.2, 0.25) is 0 Å². The number of benzene rings is 2. The second-order valence-electron chi connectivity index (χ2n) is 3.65. The first-order valence-electron chi connectivity index (χ1n) is 5.04. The van der Waals surface area contributed by atoms with Gasteiger partial charge in [0.25, 0.3) is 0 Å². The Balaban J connectivity index is 2.49. The van der Waals surface area contributed by atoms with Crippen LogP contribution in [0.1, 0.15) is 5.56 Å². The van der Waals surface area contributed by atoms with Crippen molar-refractivity contribution in [2.45, 2.75) is 6.42 Å². The zero-order valence-corrected chi connectivity index (χ0v) is 9.07. The van der Waals surface area contributed by atoms with Gasteiger partial charge in [-0.05, 0) is 28.5 Å². The number of rotatable bonds is 2. The summed E-state index contributed by atoms with van der Waals surface area (Å²) in [6, 6.07) is 11.5. The van der Waals surface area contributed by atoms with Crippen LogP contribution in [0.4, 0.5) is 5.69 Å². The highest BCUT2D eigenvalue weighted by atomic mass is 16.5. The molecule has 0 aliphatic rings. The van der Waals surface area contributed by atoms with Gasteiger partial charge in [0.1, 0.15) is 0 Å². The number of carbonyl (C=O) groups is 1. The molecule has 2 N–H and O–H groups in total. The van der Waals surface area contributed by atoms with E-state index in [1.165, 1.54) is 7.11 Å². The van der Waals surface area contributed by atoms with Crippen LogP contribution in [0.3, 0.4) is 0 Å². The van der Waals surface area contributed by atoms with E-state index in [1.54, 1.807) is 0 Å². The van der Waals surface area contributed by atoms with Crippen LogP contribution in [0.5, 0.6) is 0 Å². The summed E-state index contributed by atoms with van der Waals surface area (Å²) >= 11 is 0. The van der Waals surface area contributed by atoms with E-state index in [9.17, 15) is 4.79 Å². The minimum absolute atomic E-state index is 0.232. The maximum atomic E-state index is 11.2. The third kappa shape index (κ3) is 1.98. The van der Waals surface area contributed by atoms with Gasteiger partial charge in [-0.15, -0.1) is 0 Å². The van der Waals surface area contributed by atoms with Crippen molar-refractivity contribution in [1.82, 2.24) is 0 Å². The number of fused-ring (bicyclic) bond motifs is 1. The van der Waals surface area contributed by atoms with Crippen molar-refractivity contribution >= 4 is 22.4 Å². The number of ether oxygens (including phenoxy) is 1. The van der Waals surface area contributed by atoms with Gasteiger partial charge in [0.15, 0.2) is 0 Å². The molecule has 3 nitrogen and oxygen atoms in total. The summed E-state index contributed by atoms with van der Waals surface area (Å²) < 4.78 is 4.66. The highest BCUT2D eigenvalue weighted by Crippen LogP contribution is 2.21. The van der Waals surface area contributed by atoms with Gasteiger partial charge in [-0.2, -0.15) is 0 Å². The maximum Gasteiger partial charge on any atom is 0.309 e. The quantitative estimate of drug-likeness (QED) is 0.616. The van der Waals surface area contributed by atoms with Crippen molar-refractivity contribution in [3.05, 3.63) is 42.0 Å². The van der Waals surface area contributed by atoms with Gasteiger partial charge in [0.2, 0.25) is 0 Å². The van der Waals surface area contributed by atoms with Crippen LogP contribution in [-0.2, 0) is 16.0 Å². The molecule has 0 heterocycles. The first-order chi connectivity index (χ1) is 7.70. The van der Waals surface area contributed by atoms with Gasteiger partial charge < -0.3 is 10.5 Å². The third-order valence-electron chi connectivity index (χ3n) is 2.56. The van der Waals surface area contributed by atoms with E-state index in [0.717, 1.165) is 22.0 Å². The molecule has 0 saturated heterocycles. The van der Waals surface area contributed by atoms with Crippen molar-refractivity contribution in [2.24, 2.45) is 0 Å². The van der Waals surface area contributed by atoms with Gasteiger partial charge in [-0.1, -0.05) is 24.3 Å². The molecule has 0 saturated carbocycles. The fourth-order valence-corrected chi connectivity index (χ4v) is 1.75. The summed E-state index contributed by atoms with van der Waals surface area (Å²) in [5.41, 5.74) is 7.40. The monoisotopic (exact) mass is 215 g/mol. The molecular formula is C13H13NO2. The number of nitrogen functional groups attached to an aromatic ring is 1. The van der Waals surface area contributed by atoms with Crippen molar-refractivity contribution in [1.29, 1.82) is 0 Å². The summed E-state index contributed by atoms with van der Waals surface area (Å²) in [7, 11) is 1.39. The highest BCUT2D eigenvalue weighted by Gasteiger charge is 2.06. The van der Waals surface area contributed by atoms with Crippen LogP contribution in [0.25, 0.3) is 10.8 Å². The molecule has 0 amide bonds. The molecule has 16 heavy (non-hydrogen) atoms. The Morgan fingerprint density at radius 1 is 1.31 bits per heavy atom. The molecule has 0 aromatic heterocycles. The molecule has 2 aromatic carbocycles. The smallest absolute Gasteiger partial charge is 0.309 e. The molecule has 2 aromatic rings. The molecule has 3 heteroatoms. The summed E-state index contributed by atoms with van der Waals surface area (Å²) in [6.07, 6.45) is 0.289. The summed E-state index contributed by atoms with van der Waals surface area (Å²) in [5, 5.41) is 2.09. The standard InChI is InChI=1S/C13H13NO2/c1-16-13(15)8-10-4-2-3-9-7-11(14)5-6-12(9)10/h2-7H,8,14H2,1H3. The Labute approximate surface area is 93.8 Å². The lowest BCUT2D eigenvalue weighted by atomic mass is 10.0. The van der Waals surface area contributed by atoms with Crippen molar-refractivity contribution in [3.63, 3.8) is 0 Å². The Bertz CT molecular complexity index is 534. The van der Waals surface area contributed by atoms with Gasteiger partial charge in [0.05, 0.1) is 13.5 Å². The highest BCUT2D eigenvalue weighted by molar-refractivity contribution is 5.90. The van der Waals surface area contributed by atoms with Crippen LogP contribution < -0.4 is 5.73 Å². The summed E-state index contributed by atoms with van der Waals surface area (Å²) in [4.78, 5) is 11.2. The minimum atomic E-state index is -0.232. The zero-order valence-electron chi connectivity index (χ0n) is 9.07. The van der Waals surface area contributed by atoms with Crippen LogP contribution >= 0.6 is 0 Å². The lowest BCUT2D eigenvalue weighted by molar-refractivity contribution is -0.139. The average molecular weight is 215 g/mol. The number of methoxy groups -OCH3 is 1. The zero-order chi connectivity index (χ0) is 11.5. The number of anilines is 1. The van der Waals surface area contributed by atoms with Crippen molar-refractivity contribution in [2.75, 3.05) is 12.8 Å². The van der Waals surface area contributed by atoms with E-state index in [1.807, 2.05) is 36.4 Å². The van der Waals surface area contributed by atoms with E-state index in [4.69, 9.17) is 5.73 Å². The maximum absolute atomic E-state index is 11.2. The van der Waals surface area contributed by atoms with Gasteiger partial charge in [-0.25, -0.2) is 0 Å².